The second-order valence-electron chi connectivity index (χ2n) is 6.77. The average molecular weight is 353 g/mol. The number of benzene rings is 2. The lowest BCUT2D eigenvalue weighted by Crippen LogP contribution is -2.33. The first kappa shape index (κ1) is 16.2. The first-order valence-corrected chi connectivity index (χ1v) is 10.3. The van der Waals surface area contributed by atoms with Crippen molar-refractivity contribution in [1.82, 2.24) is 15.0 Å². The molecule has 3 aromatic rings. The lowest BCUT2D eigenvalue weighted by Gasteiger charge is -2.30. The van der Waals surface area contributed by atoms with Gasteiger partial charge in [0.25, 0.3) is 0 Å². The third kappa shape index (κ3) is 2.64. The summed E-state index contributed by atoms with van der Waals surface area (Å²) in [7, 11) is -2.88. The molecule has 1 aliphatic heterocycles. The SMILES string of the molecule is C[C@@]1(O)CCP(=O)(c2ccccc2)[C@H]1n1nncc1-c1ccccc1. The highest BCUT2D eigenvalue weighted by atomic mass is 31.2. The first-order valence-electron chi connectivity index (χ1n) is 8.35. The molecule has 3 atom stereocenters. The smallest absolute Gasteiger partial charge is 0.142 e. The van der Waals surface area contributed by atoms with Crippen LogP contribution in [0.4, 0.5) is 0 Å². The maximum atomic E-state index is 14.0. The average Bonchev–Trinajstić information content (AvgIpc) is 3.19. The number of hydrogen-bond acceptors (Lipinski definition) is 4. The van der Waals surface area contributed by atoms with Crippen LogP contribution < -0.4 is 5.30 Å². The number of rotatable bonds is 3. The number of aromatic nitrogens is 3. The van der Waals surface area contributed by atoms with Gasteiger partial charge in [-0.25, -0.2) is 4.68 Å². The van der Waals surface area contributed by atoms with Gasteiger partial charge in [-0.15, -0.1) is 5.10 Å². The molecule has 0 saturated carbocycles. The highest BCUT2D eigenvalue weighted by molar-refractivity contribution is 7.72. The molecule has 1 fully saturated rings. The molecular formula is C19H20N3O2P. The van der Waals surface area contributed by atoms with Crippen molar-refractivity contribution in [3.63, 3.8) is 0 Å². The summed E-state index contributed by atoms with van der Waals surface area (Å²) in [5.74, 6) is -0.625. The molecule has 2 heterocycles. The highest BCUT2D eigenvalue weighted by Crippen LogP contribution is 2.66. The predicted molar refractivity (Wildman–Crippen MR) is 98.3 cm³/mol. The molecule has 25 heavy (non-hydrogen) atoms. The quantitative estimate of drug-likeness (QED) is 0.734. The molecule has 0 bridgehead atoms. The van der Waals surface area contributed by atoms with Crippen molar-refractivity contribution in [2.75, 3.05) is 6.16 Å². The van der Waals surface area contributed by atoms with E-state index in [9.17, 15) is 9.67 Å². The van der Waals surface area contributed by atoms with Gasteiger partial charge in [-0.05, 0) is 13.3 Å². The zero-order chi connectivity index (χ0) is 17.5. The van der Waals surface area contributed by atoms with Crippen LogP contribution in [-0.4, -0.2) is 31.9 Å². The van der Waals surface area contributed by atoms with Gasteiger partial charge in [-0.1, -0.05) is 65.9 Å². The molecule has 0 spiro atoms. The molecule has 1 aromatic heterocycles. The van der Waals surface area contributed by atoms with Gasteiger partial charge in [0, 0.05) is 17.0 Å². The summed E-state index contributed by atoms with van der Waals surface area (Å²) in [6.07, 6.45) is 2.60. The van der Waals surface area contributed by atoms with Crippen LogP contribution in [0.25, 0.3) is 11.3 Å². The summed E-state index contributed by atoms with van der Waals surface area (Å²) in [5, 5.41) is 20.1. The normalized spacial score (nSPS) is 29.0. The molecule has 5 nitrogen and oxygen atoms in total. The predicted octanol–water partition coefficient (Wildman–Crippen LogP) is 3.29. The molecule has 1 N–H and O–H groups in total. The Kier molecular flexibility index (Phi) is 3.86. The summed E-state index contributed by atoms with van der Waals surface area (Å²) >= 11 is 0. The number of hydrogen-bond donors (Lipinski definition) is 1. The van der Waals surface area contributed by atoms with E-state index in [4.69, 9.17) is 0 Å². The van der Waals surface area contributed by atoms with Crippen LogP contribution in [-0.2, 0) is 4.57 Å². The Morgan fingerprint density at radius 2 is 1.76 bits per heavy atom. The fraction of sp³-hybridized carbons (Fsp3) is 0.263. The molecule has 0 radical (unpaired) electrons. The summed E-state index contributed by atoms with van der Waals surface area (Å²) in [4.78, 5) is 0. The van der Waals surface area contributed by atoms with Gasteiger partial charge in [-0.3, -0.25) is 0 Å². The van der Waals surface area contributed by atoms with Gasteiger partial charge >= 0.3 is 0 Å². The topological polar surface area (TPSA) is 68.0 Å². The van der Waals surface area contributed by atoms with E-state index >= 15 is 0 Å². The fourth-order valence-corrected chi connectivity index (χ4v) is 7.52. The minimum atomic E-state index is -2.88. The monoisotopic (exact) mass is 353 g/mol. The largest absolute Gasteiger partial charge is 0.387 e. The van der Waals surface area contributed by atoms with Gasteiger partial charge < -0.3 is 9.67 Å². The fourth-order valence-electron chi connectivity index (χ4n) is 3.72. The summed E-state index contributed by atoms with van der Waals surface area (Å²) in [5.41, 5.74) is 0.599. The molecule has 4 rings (SSSR count). The Morgan fingerprint density at radius 1 is 1.12 bits per heavy atom. The van der Waals surface area contributed by atoms with Gasteiger partial charge in [0.05, 0.1) is 17.5 Å². The molecule has 6 heteroatoms. The van der Waals surface area contributed by atoms with E-state index in [1.165, 1.54) is 0 Å². The van der Waals surface area contributed by atoms with Crippen LogP contribution in [0.3, 0.4) is 0 Å². The van der Waals surface area contributed by atoms with E-state index in [0.29, 0.717) is 12.6 Å². The third-order valence-electron chi connectivity index (χ3n) is 4.97. The maximum absolute atomic E-state index is 14.0. The zero-order valence-electron chi connectivity index (χ0n) is 14.0. The summed E-state index contributed by atoms with van der Waals surface area (Å²) in [6.45, 7) is 1.75. The molecule has 2 aromatic carbocycles. The van der Waals surface area contributed by atoms with Crippen molar-refractivity contribution in [3.8, 4) is 11.3 Å². The molecule has 128 valence electrons. The Bertz CT molecular complexity index is 922. The molecule has 1 saturated heterocycles. The van der Waals surface area contributed by atoms with Crippen molar-refractivity contribution in [3.05, 3.63) is 66.9 Å². The minimum absolute atomic E-state index is 0.461. The first-order chi connectivity index (χ1) is 12.0. The third-order valence-corrected chi connectivity index (χ3v) is 8.60. The summed E-state index contributed by atoms with van der Waals surface area (Å²) < 4.78 is 15.7. The maximum Gasteiger partial charge on any atom is 0.142 e. The minimum Gasteiger partial charge on any atom is -0.387 e. The van der Waals surface area contributed by atoms with Gasteiger partial charge in [0.15, 0.2) is 0 Å². The van der Waals surface area contributed by atoms with Crippen molar-refractivity contribution in [2.45, 2.75) is 24.7 Å². The van der Waals surface area contributed by atoms with Crippen molar-refractivity contribution >= 4 is 12.4 Å². The molecular weight excluding hydrogens is 333 g/mol. The number of aliphatic hydroxyl groups is 1. The second kappa shape index (κ2) is 5.94. The molecule has 0 aliphatic carbocycles. The highest BCUT2D eigenvalue weighted by Gasteiger charge is 2.54. The zero-order valence-corrected chi connectivity index (χ0v) is 14.9. The number of nitrogens with zero attached hydrogens (tertiary/aromatic N) is 3. The van der Waals surface area contributed by atoms with Crippen LogP contribution in [0.15, 0.2) is 66.9 Å². The van der Waals surface area contributed by atoms with Crippen LogP contribution in [0.1, 0.15) is 19.1 Å². The Labute approximate surface area is 146 Å². The van der Waals surface area contributed by atoms with Gasteiger partial charge in [0.1, 0.15) is 12.9 Å². The molecule has 1 aliphatic rings. The van der Waals surface area contributed by atoms with Crippen LogP contribution in [0.5, 0.6) is 0 Å². The van der Waals surface area contributed by atoms with Gasteiger partial charge in [0.2, 0.25) is 0 Å². The Balaban J connectivity index is 1.88. The Hall–Kier alpha value is -2.23. The molecule has 1 unspecified atom stereocenters. The van der Waals surface area contributed by atoms with Crippen LogP contribution in [0, 0.1) is 0 Å². The van der Waals surface area contributed by atoms with Crippen molar-refractivity contribution in [2.24, 2.45) is 0 Å². The van der Waals surface area contributed by atoms with E-state index < -0.39 is 18.5 Å². The lowest BCUT2D eigenvalue weighted by atomic mass is 10.0. The standard InChI is InChI=1S/C19H20N3O2P/c1-19(23)12-13-25(24,16-10-6-3-7-11-16)18(19)22-17(14-20-21-22)15-8-4-2-5-9-15/h2-11,14,18,23H,12-13H2,1H3/t18-,19-,25?/m1/s1. The van der Waals surface area contributed by atoms with Crippen LogP contribution in [0.2, 0.25) is 0 Å². The van der Waals surface area contributed by atoms with Crippen molar-refractivity contribution < 1.29 is 9.67 Å². The van der Waals surface area contributed by atoms with E-state index in [1.54, 1.807) is 17.8 Å². The van der Waals surface area contributed by atoms with E-state index in [-0.39, 0.29) is 0 Å². The molecule has 0 amide bonds. The summed E-state index contributed by atoms with van der Waals surface area (Å²) in [6, 6.07) is 19.2. The second-order valence-corrected chi connectivity index (χ2v) is 9.81. The van der Waals surface area contributed by atoms with Crippen LogP contribution >= 0.6 is 7.14 Å². The van der Waals surface area contributed by atoms with E-state index in [1.807, 2.05) is 60.7 Å². The van der Waals surface area contributed by atoms with Gasteiger partial charge in [-0.2, -0.15) is 0 Å². The van der Waals surface area contributed by atoms with E-state index in [0.717, 1.165) is 16.6 Å². The Morgan fingerprint density at radius 3 is 2.44 bits per heavy atom. The van der Waals surface area contributed by atoms with Crippen molar-refractivity contribution in [1.29, 1.82) is 0 Å². The van der Waals surface area contributed by atoms with E-state index in [2.05, 4.69) is 10.3 Å². The lowest BCUT2D eigenvalue weighted by molar-refractivity contribution is 0.0377.